The van der Waals surface area contributed by atoms with Crippen LogP contribution in [0.1, 0.15) is 33.9 Å². The number of carbonyl (C=O) groups is 4. The Hall–Kier alpha value is -2.71. The van der Waals surface area contributed by atoms with Crippen molar-refractivity contribution >= 4 is 23.7 Å². The molecule has 1 fully saturated rings. The molecule has 0 saturated carbocycles. The standard InChI is InChI=1S/C11H11N3O6/c1-14-8(15)3-2-5(10(14)17)12-9(16)6-4-7(11(18)19)20-13-6/h4-5H,2-3H2,1H3,(H,12,16)(H,18,19). The number of imide groups is 1. The van der Waals surface area contributed by atoms with Gasteiger partial charge in [0.2, 0.25) is 11.7 Å². The van der Waals surface area contributed by atoms with Gasteiger partial charge in [0.1, 0.15) is 6.04 Å². The first-order valence-corrected chi connectivity index (χ1v) is 5.71. The maximum absolute atomic E-state index is 11.8. The van der Waals surface area contributed by atoms with Gasteiger partial charge >= 0.3 is 5.97 Å². The lowest BCUT2D eigenvalue weighted by atomic mass is 10.0. The summed E-state index contributed by atoms with van der Waals surface area (Å²) in [6.45, 7) is 0. The molecule has 2 N–H and O–H groups in total. The number of rotatable bonds is 3. The minimum absolute atomic E-state index is 0.145. The van der Waals surface area contributed by atoms with E-state index in [-0.39, 0.29) is 24.4 Å². The Balaban J connectivity index is 2.05. The predicted molar refractivity (Wildman–Crippen MR) is 61.7 cm³/mol. The summed E-state index contributed by atoms with van der Waals surface area (Å²) in [6, 6.07) is 0.120. The van der Waals surface area contributed by atoms with Crippen molar-refractivity contribution in [3.63, 3.8) is 0 Å². The van der Waals surface area contributed by atoms with Crippen molar-refractivity contribution < 1.29 is 28.8 Å². The molecule has 0 spiro atoms. The van der Waals surface area contributed by atoms with Gasteiger partial charge in [-0.05, 0) is 6.42 Å². The lowest BCUT2D eigenvalue weighted by Crippen LogP contribution is -2.52. The number of hydrogen-bond acceptors (Lipinski definition) is 6. The molecule has 1 aliphatic rings. The molecule has 0 radical (unpaired) electrons. The largest absolute Gasteiger partial charge is 0.475 e. The average Bonchev–Trinajstić information content (AvgIpc) is 2.89. The lowest BCUT2D eigenvalue weighted by Gasteiger charge is -2.27. The second-order valence-electron chi connectivity index (χ2n) is 4.24. The first-order chi connectivity index (χ1) is 9.40. The number of aromatic carboxylic acids is 1. The Bertz CT molecular complexity index is 593. The Labute approximate surface area is 112 Å². The maximum atomic E-state index is 11.8. The third kappa shape index (κ3) is 2.51. The second kappa shape index (κ2) is 5.11. The molecule has 9 nitrogen and oxygen atoms in total. The minimum Gasteiger partial charge on any atom is -0.475 e. The van der Waals surface area contributed by atoms with E-state index >= 15 is 0 Å². The number of nitrogens with one attached hydrogen (secondary N) is 1. The van der Waals surface area contributed by atoms with Crippen molar-refractivity contribution in [1.29, 1.82) is 0 Å². The Morgan fingerprint density at radius 3 is 2.80 bits per heavy atom. The van der Waals surface area contributed by atoms with Crippen molar-refractivity contribution in [2.45, 2.75) is 18.9 Å². The van der Waals surface area contributed by atoms with E-state index in [0.29, 0.717) is 0 Å². The molecule has 2 rings (SSSR count). The number of hydrogen-bond donors (Lipinski definition) is 2. The molecule has 3 amide bonds. The van der Waals surface area contributed by atoms with E-state index in [2.05, 4.69) is 15.0 Å². The monoisotopic (exact) mass is 281 g/mol. The van der Waals surface area contributed by atoms with Gasteiger partial charge in [0, 0.05) is 19.5 Å². The summed E-state index contributed by atoms with van der Waals surface area (Å²) in [5.41, 5.74) is -0.241. The van der Waals surface area contributed by atoms with E-state index < -0.39 is 29.6 Å². The van der Waals surface area contributed by atoms with Gasteiger partial charge in [-0.2, -0.15) is 0 Å². The number of piperidine rings is 1. The summed E-state index contributed by atoms with van der Waals surface area (Å²) in [4.78, 5) is 46.4. The van der Waals surface area contributed by atoms with Crippen molar-refractivity contribution in [2.75, 3.05) is 7.05 Å². The number of amides is 3. The van der Waals surface area contributed by atoms with Gasteiger partial charge in [0.25, 0.3) is 11.8 Å². The molecule has 1 aromatic heterocycles. The number of aromatic nitrogens is 1. The molecule has 9 heteroatoms. The predicted octanol–water partition coefficient (Wildman–Crippen LogP) is -0.750. The molecule has 0 aliphatic carbocycles. The first kappa shape index (κ1) is 13.7. The van der Waals surface area contributed by atoms with Crippen LogP contribution in [0.15, 0.2) is 10.6 Å². The highest BCUT2D eigenvalue weighted by Crippen LogP contribution is 2.12. The van der Waals surface area contributed by atoms with Crippen LogP contribution in [0.4, 0.5) is 0 Å². The number of nitrogens with zero attached hydrogens (tertiary/aromatic N) is 2. The lowest BCUT2D eigenvalue weighted by molar-refractivity contribution is -0.147. The van der Waals surface area contributed by atoms with Crippen molar-refractivity contribution in [2.24, 2.45) is 0 Å². The fourth-order valence-corrected chi connectivity index (χ4v) is 1.76. The molecular formula is C11H11N3O6. The molecule has 1 aromatic rings. The van der Waals surface area contributed by atoms with Crippen LogP contribution in [0.25, 0.3) is 0 Å². The smallest absolute Gasteiger partial charge is 0.374 e. The molecule has 1 saturated heterocycles. The molecule has 1 atom stereocenters. The molecule has 1 aliphatic heterocycles. The van der Waals surface area contributed by atoms with Gasteiger partial charge in [-0.1, -0.05) is 5.16 Å². The van der Waals surface area contributed by atoms with Crippen LogP contribution in [0.3, 0.4) is 0 Å². The highest BCUT2D eigenvalue weighted by Gasteiger charge is 2.33. The van der Waals surface area contributed by atoms with Crippen molar-refractivity contribution in [3.8, 4) is 0 Å². The van der Waals surface area contributed by atoms with Crippen LogP contribution in [0.2, 0.25) is 0 Å². The van der Waals surface area contributed by atoms with Crippen LogP contribution < -0.4 is 5.32 Å². The zero-order valence-electron chi connectivity index (χ0n) is 10.5. The Morgan fingerprint density at radius 1 is 1.50 bits per heavy atom. The van der Waals surface area contributed by atoms with E-state index in [1.54, 1.807) is 0 Å². The van der Waals surface area contributed by atoms with Crippen LogP contribution in [-0.4, -0.2) is 51.9 Å². The number of carbonyl (C=O) groups excluding carboxylic acids is 3. The summed E-state index contributed by atoms with van der Waals surface area (Å²) >= 11 is 0. The number of likely N-dealkylation sites (tertiary alicyclic amines) is 1. The van der Waals surface area contributed by atoms with Crippen LogP contribution in [-0.2, 0) is 9.59 Å². The highest BCUT2D eigenvalue weighted by molar-refractivity contribution is 6.03. The molecule has 106 valence electrons. The summed E-state index contributed by atoms with van der Waals surface area (Å²) in [5, 5.41) is 14.3. The number of carboxylic acid groups (broad SMARTS) is 1. The third-order valence-corrected chi connectivity index (χ3v) is 2.91. The summed E-state index contributed by atoms with van der Waals surface area (Å²) < 4.78 is 4.44. The fraction of sp³-hybridized carbons (Fsp3) is 0.364. The first-order valence-electron chi connectivity index (χ1n) is 5.71. The highest BCUT2D eigenvalue weighted by atomic mass is 16.5. The fourth-order valence-electron chi connectivity index (χ4n) is 1.76. The van der Waals surface area contributed by atoms with Gasteiger partial charge in [0.15, 0.2) is 5.69 Å². The van der Waals surface area contributed by atoms with Gasteiger partial charge in [-0.25, -0.2) is 4.79 Å². The summed E-state index contributed by atoms with van der Waals surface area (Å²) in [7, 11) is 1.33. The van der Waals surface area contributed by atoms with Crippen LogP contribution in [0.5, 0.6) is 0 Å². The Kier molecular flexibility index (Phi) is 3.51. The molecule has 20 heavy (non-hydrogen) atoms. The summed E-state index contributed by atoms with van der Waals surface area (Å²) in [6.07, 6.45) is 0.337. The van der Waals surface area contributed by atoms with E-state index in [1.807, 2.05) is 0 Å². The van der Waals surface area contributed by atoms with Crippen LogP contribution >= 0.6 is 0 Å². The molecule has 1 unspecified atom stereocenters. The second-order valence-corrected chi connectivity index (χ2v) is 4.24. The van der Waals surface area contributed by atoms with E-state index in [9.17, 15) is 19.2 Å². The maximum Gasteiger partial charge on any atom is 0.374 e. The normalized spacial score (nSPS) is 19.1. The number of likely N-dealkylation sites (N-methyl/N-ethyl adjacent to an activating group) is 1. The van der Waals surface area contributed by atoms with E-state index in [0.717, 1.165) is 11.0 Å². The van der Waals surface area contributed by atoms with Gasteiger partial charge < -0.3 is 14.9 Å². The van der Waals surface area contributed by atoms with Crippen molar-refractivity contribution in [3.05, 3.63) is 17.5 Å². The zero-order chi connectivity index (χ0) is 14.9. The van der Waals surface area contributed by atoms with Gasteiger partial charge in [-0.15, -0.1) is 0 Å². The average molecular weight is 281 g/mol. The van der Waals surface area contributed by atoms with Gasteiger partial charge in [-0.3, -0.25) is 19.3 Å². The Morgan fingerprint density at radius 2 is 2.20 bits per heavy atom. The minimum atomic E-state index is -1.35. The summed E-state index contributed by atoms with van der Waals surface area (Å²) in [5.74, 6) is -3.39. The molecule has 2 heterocycles. The zero-order valence-corrected chi connectivity index (χ0v) is 10.5. The number of carboxylic acids is 1. The topological polar surface area (TPSA) is 130 Å². The third-order valence-electron chi connectivity index (χ3n) is 2.91. The van der Waals surface area contributed by atoms with E-state index in [4.69, 9.17) is 5.11 Å². The van der Waals surface area contributed by atoms with E-state index in [1.165, 1.54) is 7.05 Å². The SMILES string of the molecule is CN1C(=O)CCC(NC(=O)c2cc(C(=O)O)on2)C1=O. The molecular weight excluding hydrogens is 270 g/mol. The molecule has 0 bridgehead atoms. The molecule has 0 aromatic carbocycles. The van der Waals surface area contributed by atoms with Gasteiger partial charge in [0.05, 0.1) is 0 Å². The van der Waals surface area contributed by atoms with Crippen molar-refractivity contribution in [1.82, 2.24) is 15.4 Å². The van der Waals surface area contributed by atoms with Crippen LogP contribution in [0, 0.1) is 0 Å². The quantitative estimate of drug-likeness (QED) is 0.697.